The second-order valence-corrected chi connectivity index (χ2v) is 5.62. The molecule has 0 aliphatic carbocycles. The Balaban J connectivity index is 0.00000162. The van der Waals surface area contributed by atoms with Gasteiger partial charge in [-0.1, -0.05) is 6.07 Å². The zero-order valence-corrected chi connectivity index (χ0v) is 13.1. The average molecular weight is 335 g/mol. The normalized spacial score (nSPS) is 16.1. The molecule has 1 aliphatic heterocycles. The molecule has 1 saturated heterocycles. The SMILES string of the molecule is Cc1ccc(OCCC2CCNCC2)c(Br)c1.Cl. The van der Waals surface area contributed by atoms with Gasteiger partial charge in [0.2, 0.25) is 0 Å². The molecule has 0 spiro atoms. The number of aryl methyl sites for hydroxylation is 1. The molecule has 1 N–H and O–H groups in total. The van der Waals surface area contributed by atoms with Crippen LogP contribution < -0.4 is 10.1 Å². The quantitative estimate of drug-likeness (QED) is 0.900. The van der Waals surface area contributed by atoms with Crippen molar-refractivity contribution in [3.8, 4) is 5.75 Å². The largest absolute Gasteiger partial charge is 0.492 e. The molecule has 2 nitrogen and oxygen atoms in total. The molecule has 0 bridgehead atoms. The van der Waals surface area contributed by atoms with Gasteiger partial charge >= 0.3 is 0 Å². The van der Waals surface area contributed by atoms with Crippen LogP contribution in [0.15, 0.2) is 22.7 Å². The summed E-state index contributed by atoms with van der Waals surface area (Å²) < 4.78 is 6.89. The summed E-state index contributed by atoms with van der Waals surface area (Å²) in [7, 11) is 0. The first-order valence-corrected chi connectivity index (χ1v) is 7.14. The second-order valence-electron chi connectivity index (χ2n) is 4.76. The van der Waals surface area contributed by atoms with Gasteiger partial charge in [0.15, 0.2) is 0 Å². The van der Waals surface area contributed by atoms with E-state index in [-0.39, 0.29) is 12.4 Å². The minimum Gasteiger partial charge on any atom is -0.492 e. The smallest absolute Gasteiger partial charge is 0.133 e. The van der Waals surface area contributed by atoms with Crippen molar-refractivity contribution in [1.29, 1.82) is 0 Å². The Morgan fingerprint density at radius 2 is 2.06 bits per heavy atom. The number of nitrogens with one attached hydrogen (secondary N) is 1. The number of hydrogen-bond acceptors (Lipinski definition) is 2. The maximum Gasteiger partial charge on any atom is 0.133 e. The van der Waals surface area contributed by atoms with Crippen molar-refractivity contribution in [3.63, 3.8) is 0 Å². The number of ether oxygens (including phenoxy) is 1. The van der Waals surface area contributed by atoms with E-state index >= 15 is 0 Å². The third-order valence-corrected chi connectivity index (χ3v) is 3.95. The molecular weight excluding hydrogens is 314 g/mol. The summed E-state index contributed by atoms with van der Waals surface area (Å²) in [6.45, 7) is 5.24. The minimum absolute atomic E-state index is 0. The Bertz CT molecular complexity index is 367. The molecule has 1 fully saturated rings. The number of benzene rings is 1. The molecule has 0 atom stereocenters. The first kappa shape index (κ1) is 15.8. The molecule has 18 heavy (non-hydrogen) atoms. The van der Waals surface area contributed by atoms with Crippen molar-refractivity contribution in [3.05, 3.63) is 28.2 Å². The molecule has 2 rings (SSSR count). The van der Waals surface area contributed by atoms with E-state index in [1.54, 1.807) is 0 Å². The summed E-state index contributed by atoms with van der Waals surface area (Å²) in [5.41, 5.74) is 1.25. The van der Waals surface area contributed by atoms with E-state index in [0.29, 0.717) is 0 Å². The van der Waals surface area contributed by atoms with Crippen LogP contribution >= 0.6 is 28.3 Å². The third kappa shape index (κ3) is 4.79. The molecule has 0 aromatic heterocycles. The standard InChI is InChI=1S/C14H20BrNO.ClH/c1-11-2-3-14(13(15)10-11)17-9-6-12-4-7-16-8-5-12;/h2-3,10,12,16H,4-9H2,1H3;1H. The zero-order valence-electron chi connectivity index (χ0n) is 10.7. The van der Waals surface area contributed by atoms with Gasteiger partial charge in [0.25, 0.3) is 0 Å². The summed E-state index contributed by atoms with van der Waals surface area (Å²) >= 11 is 3.54. The fourth-order valence-corrected chi connectivity index (χ4v) is 2.84. The molecule has 102 valence electrons. The van der Waals surface area contributed by atoms with Gasteiger partial charge in [0, 0.05) is 0 Å². The molecule has 4 heteroatoms. The van der Waals surface area contributed by atoms with Crippen LogP contribution in [0.3, 0.4) is 0 Å². The van der Waals surface area contributed by atoms with Crippen LogP contribution in [0.1, 0.15) is 24.8 Å². The number of piperidine rings is 1. The van der Waals surface area contributed by atoms with E-state index < -0.39 is 0 Å². The number of halogens is 2. The van der Waals surface area contributed by atoms with Crippen molar-refractivity contribution < 1.29 is 4.74 Å². The number of hydrogen-bond donors (Lipinski definition) is 1. The fraction of sp³-hybridized carbons (Fsp3) is 0.571. The van der Waals surface area contributed by atoms with Gasteiger partial charge < -0.3 is 10.1 Å². The van der Waals surface area contributed by atoms with Gasteiger partial charge in [-0.2, -0.15) is 0 Å². The Morgan fingerprint density at radius 3 is 2.72 bits per heavy atom. The predicted octanol–water partition coefficient (Wildman–Crippen LogP) is 3.95. The molecule has 1 aromatic rings. The van der Waals surface area contributed by atoms with Crippen LogP contribution in [0.4, 0.5) is 0 Å². The van der Waals surface area contributed by atoms with Crippen molar-refractivity contribution in [1.82, 2.24) is 5.32 Å². The van der Waals surface area contributed by atoms with Crippen molar-refractivity contribution in [2.24, 2.45) is 5.92 Å². The highest BCUT2D eigenvalue weighted by atomic mass is 79.9. The maximum atomic E-state index is 5.83. The average Bonchev–Trinajstić information content (AvgIpc) is 2.33. The summed E-state index contributed by atoms with van der Waals surface area (Å²) in [4.78, 5) is 0. The third-order valence-electron chi connectivity index (χ3n) is 3.33. The Labute approximate surface area is 124 Å². The van der Waals surface area contributed by atoms with Crippen LogP contribution in [0.5, 0.6) is 5.75 Å². The molecule has 1 heterocycles. The van der Waals surface area contributed by atoms with Crippen LogP contribution in [0, 0.1) is 12.8 Å². The summed E-state index contributed by atoms with van der Waals surface area (Å²) in [5, 5.41) is 3.39. The molecule has 1 aliphatic rings. The van der Waals surface area contributed by atoms with Crippen LogP contribution in [0.25, 0.3) is 0 Å². The molecular formula is C14H21BrClNO. The maximum absolute atomic E-state index is 5.83. The van der Waals surface area contributed by atoms with E-state index in [0.717, 1.165) is 22.7 Å². The Morgan fingerprint density at radius 1 is 1.33 bits per heavy atom. The lowest BCUT2D eigenvalue weighted by atomic mass is 9.95. The Kier molecular flexibility index (Phi) is 7.05. The zero-order chi connectivity index (χ0) is 12.1. The Hall–Kier alpha value is -0.250. The lowest BCUT2D eigenvalue weighted by Gasteiger charge is -2.22. The first-order valence-electron chi connectivity index (χ1n) is 6.35. The highest BCUT2D eigenvalue weighted by Gasteiger charge is 2.12. The molecule has 0 radical (unpaired) electrons. The van der Waals surface area contributed by atoms with E-state index in [9.17, 15) is 0 Å². The minimum atomic E-state index is 0. The van der Waals surface area contributed by atoms with Gasteiger partial charge in [0.05, 0.1) is 11.1 Å². The first-order chi connectivity index (χ1) is 8.25. The van der Waals surface area contributed by atoms with E-state index in [2.05, 4.69) is 40.3 Å². The number of rotatable bonds is 4. The van der Waals surface area contributed by atoms with Crippen molar-refractivity contribution in [2.45, 2.75) is 26.2 Å². The van der Waals surface area contributed by atoms with E-state index in [1.165, 1.54) is 37.9 Å². The molecule has 0 saturated carbocycles. The van der Waals surface area contributed by atoms with Crippen LogP contribution in [0.2, 0.25) is 0 Å². The topological polar surface area (TPSA) is 21.3 Å². The monoisotopic (exact) mass is 333 g/mol. The van der Waals surface area contributed by atoms with Gasteiger partial charge in [-0.05, 0) is 78.8 Å². The second kappa shape index (κ2) is 8.03. The van der Waals surface area contributed by atoms with Crippen LogP contribution in [-0.4, -0.2) is 19.7 Å². The predicted molar refractivity (Wildman–Crippen MR) is 81.8 cm³/mol. The summed E-state index contributed by atoms with van der Waals surface area (Å²) in [6, 6.07) is 6.23. The van der Waals surface area contributed by atoms with Gasteiger partial charge in [-0.25, -0.2) is 0 Å². The van der Waals surface area contributed by atoms with Gasteiger partial charge in [0.1, 0.15) is 5.75 Å². The van der Waals surface area contributed by atoms with Crippen molar-refractivity contribution in [2.75, 3.05) is 19.7 Å². The summed E-state index contributed by atoms with van der Waals surface area (Å²) in [6.07, 6.45) is 3.75. The lowest BCUT2D eigenvalue weighted by molar-refractivity contribution is 0.251. The highest BCUT2D eigenvalue weighted by molar-refractivity contribution is 9.10. The van der Waals surface area contributed by atoms with Crippen LogP contribution in [-0.2, 0) is 0 Å². The molecule has 0 amide bonds. The van der Waals surface area contributed by atoms with Crippen molar-refractivity contribution >= 4 is 28.3 Å². The van der Waals surface area contributed by atoms with E-state index in [4.69, 9.17) is 4.74 Å². The van der Waals surface area contributed by atoms with E-state index in [1.807, 2.05) is 6.07 Å². The lowest BCUT2D eigenvalue weighted by Crippen LogP contribution is -2.28. The van der Waals surface area contributed by atoms with Gasteiger partial charge in [-0.15, -0.1) is 12.4 Å². The summed E-state index contributed by atoms with van der Waals surface area (Å²) in [5.74, 6) is 1.80. The fourth-order valence-electron chi connectivity index (χ4n) is 2.23. The highest BCUT2D eigenvalue weighted by Crippen LogP contribution is 2.26. The van der Waals surface area contributed by atoms with Gasteiger partial charge in [-0.3, -0.25) is 0 Å². The molecule has 0 unspecified atom stereocenters. The molecule has 1 aromatic carbocycles.